The van der Waals surface area contributed by atoms with Gasteiger partial charge in [-0.3, -0.25) is 14.9 Å². The normalized spacial score (nSPS) is 18.5. The minimum atomic E-state index is -1.19. The van der Waals surface area contributed by atoms with Crippen molar-refractivity contribution >= 4 is 23.2 Å². The van der Waals surface area contributed by atoms with Gasteiger partial charge in [-0.25, -0.2) is 0 Å². The number of hydrogen-bond acceptors (Lipinski definition) is 5. The van der Waals surface area contributed by atoms with Gasteiger partial charge in [-0.1, -0.05) is 17.7 Å². The highest BCUT2D eigenvalue weighted by atomic mass is 35.5. The molecule has 0 saturated carbocycles. The Bertz CT molecular complexity index is 902. The van der Waals surface area contributed by atoms with Gasteiger partial charge in [0.25, 0.3) is 11.6 Å². The van der Waals surface area contributed by atoms with Gasteiger partial charge in [0.2, 0.25) is 0 Å². The molecule has 27 heavy (non-hydrogen) atoms. The summed E-state index contributed by atoms with van der Waals surface area (Å²) in [5.41, 5.74) is 0.500. The lowest BCUT2D eigenvalue weighted by Gasteiger charge is -2.35. The molecule has 1 amide bonds. The summed E-state index contributed by atoms with van der Waals surface area (Å²) >= 11 is 6.00. The van der Waals surface area contributed by atoms with Crippen molar-refractivity contribution in [2.75, 3.05) is 13.7 Å². The van der Waals surface area contributed by atoms with E-state index < -0.39 is 16.4 Å². The van der Waals surface area contributed by atoms with E-state index in [0.717, 1.165) is 35.8 Å². The van der Waals surface area contributed by atoms with E-state index in [-0.39, 0.29) is 22.8 Å². The van der Waals surface area contributed by atoms with Gasteiger partial charge in [0, 0.05) is 12.1 Å². The van der Waals surface area contributed by atoms with Crippen LogP contribution in [0.4, 0.5) is 5.69 Å². The van der Waals surface area contributed by atoms with Crippen LogP contribution in [-0.2, 0) is 12.0 Å². The molecule has 0 radical (unpaired) electrons. The fourth-order valence-electron chi connectivity index (χ4n) is 3.37. The zero-order valence-corrected chi connectivity index (χ0v) is 15.5. The maximum Gasteiger partial charge on any atom is 0.270 e. The number of carbonyl (C=O) groups is 1. The summed E-state index contributed by atoms with van der Waals surface area (Å²) in [4.78, 5) is 22.6. The summed E-state index contributed by atoms with van der Waals surface area (Å²) in [5, 5.41) is 24.5. The van der Waals surface area contributed by atoms with Crippen LogP contribution in [0.2, 0.25) is 5.02 Å². The first kappa shape index (κ1) is 19.1. The van der Waals surface area contributed by atoms with Gasteiger partial charge in [-0.05, 0) is 48.6 Å². The molecule has 0 aliphatic heterocycles. The van der Waals surface area contributed by atoms with Crippen LogP contribution < -0.4 is 10.1 Å². The molecule has 1 aliphatic rings. The molecule has 0 aromatic heterocycles. The van der Waals surface area contributed by atoms with Crippen molar-refractivity contribution in [2.24, 2.45) is 0 Å². The second-order valence-corrected chi connectivity index (χ2v) is 6.92. The van der Waals surface area contributed by atoms with E-state index in [1.54, 1.807) is 13.2 Å². The van der Waals surface area contributed by atoms with Crippen LogP contribution >= 0.6 is 11.6 Å². The SMILES string of the molecule is COc1ccc2c(c1)CCCC2(O)CNC(=O)c1ccc([N+](=O)[O-])cc1Cl. The van der Waals surface area contributed by atoms with E-state index in [4.69, 9.17) is 16.3 Å². The molecular formula is C19H19ClN2O5. The summed E-state index contributed by atoms with van der Waals surface area (Å²) in [6.45, 7) is 0.0124. The molecule has 7 nitrogen and oxygen atoms in total. The van der Waals surface area contributed by atoms with E-state index in [2.05, 4.69) is 5.32 Å². The lowest BCUT2D eigenvalue weighted by Crippen LogP contribution is -2.43. The van der Waals surface area contributed by atoms with Gasteiger partial charge in [0.15, 0.2) is 0 Å². The molecule has 2 N–H and O–H groups in total. The maximum absolute atomic E-state index is 12.4. The Hall–Kier alpha value is -2.64. The standard InChI is InChI=1S/C19H19ClN2O5/c1-27-14-5-7-16-12(9-14)3-2-8-19(16,24)11-21-18(23)15-6-4-13(22(25)26)10-17(15)20/h4-7,9-10,24H,2-3,8,11H2,1H3,(H,21,23). The highest BCUT2D eigenvalue weighted by molar-refractivity contribution is 6.34. The molecule has 2 aromatic rings. The second kappa shape index (κ2) is 7.54. The number of methoxy groups -OCH3 is 1. The number of halogens is 1. The smallest absolute Gasteiger partial charge is 0.270 e. The number of amides is 1. The molecule has 0 fully saturated rings. The molecule has 142 valence electrons. The average Bonchev–Trinajstić information content (AvgIpc) is 2.66. The number of nitrogens with zero attached hydrogens (tertiary/aromatic N) is 1. The van der Waals surface area contributed by atoms with Crippen molar-refractivity contribution in [3.8, 4) is 5.75 Å². The quantitative estimate of drug-likeness (QED) is 0.603. The topological polar surface area (TPSA) is 102 Å². The molecule has 0 spiro atoms. The minimum absolute atomic E-state index is 0.0116. The minimum Gasteiger partial charge on any atom is -0.497 e. The molecule has 3 rings (SSSR count). The number of nitro groups is 1. The fourth-order valence-corrected chi connectivity index (χ4v) is 3.63. The number of nitrogens with one attached hydrogen (secondary N) is 1. The molecule has 0 bridgehead atoms. The first-order valence-electron chi connectivity index (χ1n) is 8.46. The third-order valence-electron chi connectivity index (χ3n) is 4.80. The summed E-state index contributed by atoms with van der Waals surface area (Å²) in [6.07, 6.45) is 2.13. The van der Waals surface area contributed by atoms with E-state index >= 15 is 0 Å². The highest BCUT2D eigenvalue weighted by Crippen LogP contribution is 2.36. The van der Waals surface area contributed by atoms with Crippen molar-refractivity contribution in [3.63, 3.8) is 0 Å². The third-order valence-corrected chi connectivity index (χ3v) is 5.11. The number of hydrogen-bond donors (Lipinski definition) is 2. The van der Waals surface area contributed by atoms with Crippen LogP contribution in [0, 0.1) is 10.1 Å². The molecule has 1 atom stereocenters. The van der Waals surface area contributed by atoms with Crippen LogP contribution in [0.5, 0.6) is 5.75 Å². The van der Waals surface area contributed by atoms with E-state index in [0.29, 0.717) is 6.42 Å². The zero-order chi connectivity index (χ0) is 19.6. The van der Waals surface area contributed by atoms with E-state index in [1.165, 1.54) is 12.1 Å². The Balaban J connectivity index is 1.77. The van der Waals surface area contributed by atoms with Crippen molar-refractivity contribution < 1.29 is 19.6 Å². The number of nitro benzene ring substituents is 1. The molecular weight excluding hydrogens is 372 g/mol. The van der Waals surface area contributed by atoms with Crippen molar-refractivity contribution in [2.45, 2.75) is 24.9 Å². The Morgan fingerprint density at radius 1 is 1.37 bits per heavy atom. The van der Waals surface area contributed by atoms with Crippen molar-refractivity contribution in [1.29, 1.82) is 0 Å². The molecule has 1 unspecified atom stereocenters. The third kappa shape index (κ3) is 3.89. The molecule has 8 heteroatoms. The number of ether oxygens (including phenoxy) is 1. The monoisotopic (exact) mass is 390 g/mol. The molecule has 1 aliphatic carbocycles. The Morgan fingerprint density at radius 2 is 2.15 bits per heavy atom. The Morgan fingerprint density at radius 3 is 2.81 bits per heavy atom. The largest absolute Gasteiger partial charge is 0.497 e. The fraction of sp³-hybridized carbons (Fsp3) is 0.316. The van der Waals surface area contributed by atoms with Crippen molar-refractivity contribution in [3.05, 3.63) is 68.2 Å². The first-order chi connectivity index (χ1) is 12.8. The summed E-state index contributed by atoms with van der Waals surface area (Å²) < 4.78 is 5.23. The van der Waals surface area contributed by atoms with Gasteiger partial charge in [0.1, 0.15) is 11.4 Å². The number of fused-ring (bicyclic) bond motifs is 1. The average molecular weight is 391 g/mol. The second-order valence-electron chi connectivity index (χ2n) is 6.51. The molecule has 2 aromatic carbocycles. The lowest BCUT2D eigenvalue weighted by molar-refractivity contribution is -0.384. The van der Waals surface area contributed by atoms with Gasteiger partial charge >= 0.3 is 0 Å². The number of aliphatic hydroxyl groups is 1. The summed E-state index contributed by atoms with van der Waals surface area (Å²) in [7, 11) is 1.59. The number of benzene rings is 2. The highest BCUT2D eigenvalue weighted by Gasteiger charge is 2.35. The maximum atomic E-state index is 12.4. The van der Waals surface area contributed by atoms with Crippen LogP contribution in [-0.4, -0.2) is 29.6 Å². The zero-order valence-electron chi connectivity index (χ0n) is 14.7. The molecule has 0 saturated heterocycles. The van der Waals surface area contributed by atoms with Crippen LogP contribution in [0.15, 0.2) is 36.4 Å². The number of non-ortho nitro benzene ring substituents is 1. The predicted molar refractivity (Wildman–Crippen MR) is 100 cm³/mol. The summed E-state index contributed by atoms with van der Waals surface area (Å²) in [5.74, 6) is 0.226. The van der Waals surface area contributed by atoms with E-state index in [1.807, 2.05) is 12.1 Å². The van der Waals surface area contributed by atoms with Crippen LogP contribution in [0.1, 0.15) is 34.3 Å². The Labute approximate surface area is 161 Å². The molecule has 0 heterocycles. The van der Waals surface area contributed by atoms with Gasteiger partial charge < -0.3 is 15.2 Å². The first-order valence-corrected chi connectivity index (χ1v) is 8.84. The van der Waals surface area contributed by atoms with Crippen LogP contribution in [0.25, 0.3) is 0 Å². The number of aryl methyl sites for hydroxylation is 1. The number of rotatable bonds is 5. The summed E-state index contributed by atoms with van der Waals surface area (Å²) in [6, 6.07) is 9.15. The van der Waals surface area contributed by atoms with E-state index in [9.17, 15) is 20.0 Å². The van der Waals surface area contributed by atoms with Crippen LogP contribution in [0.3, 0.4) is 0 Å². The van der Waals surface area contributed by atoms with Gasteiger partial charge in [-0.2, -0.15) is 0 Å². The number of carbonyl (C=O) groups excluding carboxylic acids is 1. The predicted octanol–water partition coefficient (Wildman–Crippen LogP) is 3.21. The van der Waals surface area contributed by atoms with Gasteiger partial charge in [0.05, 0.1) is 29.2 Å². The van der Waals surface area contributed by atoms with Crippen molar-refractivity contribution in [1.82, 2.24) is 5.32 Å². The lowest BCUT2D eigenvalue weighted by atomic mass is 9.79. The Kier molecular flexibility index (Phi) is 5.34. The van der Waals surface area contributed by atoms with Gasteiger partial charge in [-0.15, -0.1) is 0 Å².